The molecule has 0 saturated carbocycles. The van der Waals surface area contributed by atoms with Crippen LogP contribution in [-0.2, 0) is 16.1 Å². The first-order valence-electron chi connectivity index (χ1n) is 6.10. The van der Waals surface area contributed by atoms with Gasteiger partial charge in [0, 0.05) is 0 Å². The van der Waals surface area contributed by atoms with E-state index in [4.69, 9.17) is 9.47 Å². The smallest absolute Gasteiger partial charge is 0.255 e. The van der Waals surface area contributed by atoms with E-state index in [2.05, 4.69) is 20.5 Å². The monoisotopic (exact) mass is 276 g/mol. The summed E-state index contributed by atoms with van der Waals surface area (Å²) >= 11 is 0. The van der Waals surface area contributed by atoms with E-state index < -0.39 is 6.10 Å². The number of rotatable bonds is 6. The zero-order valence-electron chi connectivity index (χ0n) is 11.3. The van der Waals surface area contributed by atoms with E-state index in [1.165, 1.54) is 6.33 Å². The molecule has 0 radical (unpaired) electrons. The van der Waals surface area contributed by atoms with Gasteiger partial charge in [0.1, 0.15) is 18.2 Å². The van der Waals surface area contributed by atoms with Gasteiger partial charge in [0.05, 0.1) is 13.7 Å². The van der Waals surface area contributed by atoms with Crippen molar-refractivity contribution in [3.05, 3.63) is 36.2 Å². The van der Waals surface area contributed by atoms with Crippen LogP contribution >= 0.6 is 0 Å². The predicted octanol–water partition coefficient (Wildman–Crippen LogP) is 1.36. The van der Waals surface area contributed by atoms with Crippen LogP contribution in [0, 0.1) is 0 Å². The fourth-order valence-corrected chi connectivity index (χ4v) is 1.54. The number of amides is 1. The molecule has 7 heteroatoms. The van der Waals surface area contributed by atoms with Crippen molar-refractivity contribution in [2.45, 2.75) is 19.6 Å². The van der Waals surface area contributed by atoms with Crippen molar-refractivity contribution in [3.8, 4) is 5.75 Å². The Morgan fingerprint density at radius 2 is 2.35 bits per heavy atom. The minimum absolute atomic E-state index is 0.287. The quantitative estimate of drug-likeness (QED) is 0.831. The molecule has 2 aromatic rings. The van der Waals surface area contributed by atoms with E-state index in [1.807, 2.05) is 24.3 Å². The first-order valence-corrected chi connectivity index (χ1v) is 6.10. The summed E-state index contributed by atoms with van der Waals surface area (Å²) in [6, 6.07) is 7.49. The molecule has 0 bridgehead atoms. The second kappa shape index (κ2) is 6.67. The number of carbonyl (C=O) groups is 1. The fourth-order valence-electron chi connectivity index (χ4n) is 1.54. The van der Waals surface area contributed by atoms with Gasteiger partial charge in [-0.2, -0.15) is 10.1 Å². The maximum atomic E-state index is 11.8. The summed E-state index contributed by atoms with van der Waals surface area (Å²) in [7, 11) is 1.60. The number of methoxy groups -OCH3 is 1. The molecule has 0 aliphatic carbocycles. The molecule has 0 fully saturated rings. The van der Waals surface area contributed by atoms with Crippen LogP contribution in [0.3, 0.4) is 0 Å². The predicted molar refractivity (Wildman–Crippen MR) is 72.3 cm³/mol. The molecule has 106 valence electrons. The number of ether oxygens (including phenoxy) is 2. The number of hydrogen-bond donors (Lipinski definition) is 2. The van der Waals surface area contributed by atoms with Gasteiger partial charge in [0.2, 0.25) is 5.95 Å². The molecule has 1 amide bonds. The fraction of sp³-hybridized carbons (Fsp3) is 0.308. The third-order valence-corrected chi connectivity index (χ3v) is 2.66. The molecule has 0 spiro atoms. The molecule has 0 saturated heterocycles. The molecular weight excluding hydrogens is 260 g/mol. The summed E-state index contributed by atoms with van der Waals surface area (Å²) in [5.41, 5.74) is 0.934. The summed E-state index contributed by atoms with van der Waals surface area (Å²) in [4.78, 5) is 15.6. The Morgan fingerprint density at radius 3 is 3.05 bits per heavy atom. The lowest BCUT2D eigenvalue weighted by Gasteiger charge is -2.12. The van der Waals surface area contributed by atoms with Crippen molar-refractivity contribution in [2.75, 3.05) is 12.4 Å². The van der Waals surface area contributed by atoms with Crippen LogP contribution < -0.4 is 10.1 Å². The molecular formula is C13H16N4O3. The van der Waals surface area contributed by atoms with Crippen LogP contribution in [0.2, 0.25) is 0 Å². The van der Waals surface area contributed by atoms with Gasteiger partial charge in [-0.15, -0.1) is 0 Å². The van der Waals surface area contributed by atoms with Crippen molar-refractivity contribution < 1.29 is 14.3 Å². The van der Waals surface area contributed by atoms with Crippen LogP contribution in [0.25, 0.3) is 0 Å². The summed E-state index contributed by atoms with van der Waals surface area (Å²) in [5.74, 6) is 0.765. The van der Waals surface area contributed by atoms with E-state index in [1.54, 1.807) is 14.0 Å². The third kappa shape index (κ3) is 3.79. The van der Waals surface area contributed by atoms with Crippen molar-refractivity contribution in [1.82, 2.24) is 15.2 Å². The Bertz CT molecular complexity index is 557. The molecule has 0 aliphatic rings. The number of anilines is 1. The molecule has 1 aromatic heterocycles. The molecule has 1 heterocycles. The van der Waals surface area contributed by atoms with E-state index >= 15 is 0 Å². The summed E-state index contributed by atoms with van der Waals surface area (Å²) in [5, 5.41) is 8.75. The Hall–Kier alpha value is -2.41. The molecule has 7 nitrogen and oxygen atoms in total. The van der Waals surface area contributed by atoms with Gasteiger partial charge in [-0.05, 0) is 24.6 Å². The Morgan fingerprint density at radius 1 is 1.50 bits per heavy atom. The van der Waals surface area contributed by atoms with E-state index in [-0.39, 0.29) is 5.91 Å². The maximum Gasteiger partial charge on any atom is 0.255 e. The van der Waals surface area contributed by atoms with Crippen molar-refractivity contribution in [1.29, 1.82) is 0 Å². The average Bonchev–Trinajstić information content (AvgIpc) is 2.97. The minimum atomic E-state index is -0.605. The summed E-state index contributed by atoms with van der Waals surface area (Å²) in [6.07, 6.45) is 0.712. The number of hydrogen-bond acceptors (Lipinski definition) is 5. The second-order valence-electron chi connectivity index (χ2n) is 4.13. The number of aromatic amines is 1. The van der Waals surface area contributed by atoms with Gasteiger partial charge in [0.15, 0.2) is 0 Å². The number of H-pyrrole nitrogens is 1. The van der Waals surface area contributed by atoms with Crippen LogP contribution in [0.1, 0.15) is 12.5 Å². The maximum absolute atomic E-state index is 11.8. The number of benzene rings is 1. The van der Waals surface area contributed by atoms with Gasteiger partial charge >= 0.3 is 0 Å². The molecule has 20 heavy (non-hydrogen) atoms. The van der Waals surface area contributed by atoms with E-state index in [0.29, 0.717) is 12.6 Å². The zero-order valence-corrected chi connectivity index (χ0v) is 11.3. The number of nitrogens with one attached hydrogen (secondary N) is 2. The molecule has 2 rings (SSSR count). The first-order chi connectivity index (χ1) is 9.69. The van der Waals surface area contributed by atoms with Gasteiger partial charge in [-0.25, -0.2) is 5.10 Å². The highest BCUT2D eigenvalue weighted by molar-refractivity contribution is 5.92. The second-order valence-corrected chi connectivity index (χ2v) is 4.13. The summed E-state index contributed by atoms with van der Waals surface area (Å²) in [6.45, 7) is 1.99. The van der Waals surface area contributed by atoms with Gasteiger partial charge in [-0.3, -0.25) is 10.1 Å². The van der Waals surface area contributed by atoms with Crippen LogP contribution in [-0.4, -0.2) is 34.3 Å². The Kier molecular flexibility index (Phi) is 4.67. The topological polar surface area (TPSA) is 89.1 Å². The first kappa shape index (κ1) is 14.0. The third-order valence-electron chi connectivity index (χ3n) is 2.66. The highest BCUT2D eigenvalue weighted by Gasteiger charge is 2.14. The van der Waals surface area contributed by atoms with Gasteiger partial charge < -0.3 is 9.47 Å². The Labute approximate surface area is 116 Å². The largest absolute Gasteiger partial charge is 0.497 e. The van der Waals surface area contributed by atoms with Crippen LogP contribution in [0.5, 0.6) is 5.75 Å². The normalized spacial score (nSPS) is 11.9. The molecule has 1 aromatic carbocycles. The molecule has 1 atom stereocenters. The zero-order chi connectivity index (χ0) is 14.4. The molecule has 0 aliphatic heterocycles. The standard InChI is InChI=1S/C13H16N4O3/c1-9(12(18)16-13-14-8-15-17-13)20-7-10-4-3-5-11(6-10)19-2/h3-6,8-9H,7H2,1-2H3,(H2,14,15,16,17,18)/t9-/m0/s1. The van der Waals surface area contributed by atoms with Crippen molar-refractivity contribution in [3.63, 3.8) is 0 Å². The summed E-state index contributed by atoms with van der Waals surface area (Å²) < 4.78 is 10.6. The van der Waals surface area contributed by atoms with Crippen molar-refractivity contribution in [2.24, 2.45) is 0 Å². The van der Waals surface area contributed by atoms with Gasteiger partial charge in [-0.1, -0.05) is 12.1 Å². The number of aromatic nitrogens is 3. The lowest BCUT2D eigenvalue weighted by Crippen LogP contribution is -2.28. The number of nitrogens with zero attached hydrogens (tertiary/aromatic N) is 2. The molecule has 0 unspecified atom stereocenters. The van der Waals surface area contributed by atoms with Crippen LogP contribution in [0.15, 0.2) is 30.6 Å². The highest BCUT2D eigenvalue weighted by Crippen LogP contribution is 2.14. The average molecular weight is 276 g/mol. The minimum Gasteiger partial charge on any atom is -0.497 e. The van der Waals surface area contributed by atoms with E-state index in [9.17, 15) is 4.79 Å². The lowest BCUT2D eigenvalue weighted by atomic mass is 10.2. The molecule has 2 N–H and O–H groups in total. The van der Waals surface area contributed by atoms with Crippen LogP contribution in [0.4, 0.5) is 5.95 Å². The van der Waals surface area contributed by atoms with Crippen molar-refractivity contribution >= 4 is 11.9 Å². The lowest BCUT2D eigenvalue weighted by molar-refractivity contribution is -0.127. The highest BCUT2D eigenvalue weighted by atomic mass is 16.5. The SMILES string of the molecule is COc1cccc(CO[C@@H](C)C(=O)Nc2ncn[nH]2)c1. The van der Waals surface area contributed by atoms with Gasteiger partial charge in [0.25, 0.3) is 5.91 Å². The number of carbonyl (C=O) groups excluding carboxylic acids is 1. The Balaban J connectivity index is 1.84. The van der Waals surface area contributed by atoms with E-state index in [0.717, 1.165) is 11.3 Å².